The SMILES string of the molecule is CCC(NC(C)CC1CCC1)C1CCCCC1. The monoisotopic (exact) mass is 237 g/mol. The van der Waals surface area contributed by atoms with Crippen molar-refractivity contribution in [1.29, 1.82) is 0 Å². The topological polar surface area (TPSA) is 12.0 Å². The van der Waals surface area contributed by atoms with Crippen LogP contribution in [-0.2, 0) is 0 Å². The maximum atomic E-state index is 3.94. The van der Waals surface area contributed by atoms with E-state index in [0.29, 0.717) is 0 Å². The zero-order valence-corrected chi connectivity index (χ0v) is 11.9. The van der Waals surface area contributed by atoms with E-state index in [2.05, 4.69) is 19.2 Å². The van der Waals surface area contributed by atoms with E-state index in [1.54, 1.807) is 0 Å². The average molecular weight is 237 g/mol. The number of hydrogen-bond acceptors (Lipinski definition) is 1. The molecule has 0 aromatic rings. The Morgan fingerprint density at radius 3 is 2.24 bits per heavy atom. The molecule has 2 fully saturated rings. The van der Waals surface area contributed by atoms with Crippen molar-refractivity contribution in [1.82, 2.24) is 5.32 Å². The Labute approximate surface area is 108 Å². The third-order valence-electron chi connectivity index (χ3n) is 5.07. The standard InChI is InChI=1S/C16H31N/c1-3-16(15-10-5-4-6-11-15)17-13(2)12-14-8-7-9-14/h13-17H,3-12H2,1-2H3. The molecule has 2 unspecified atom stereocenters. The summed E-state index contributed by atoms with van der Waals surface area (Å²) in [5.74, 6) is 2.01. The Morgan fingerprint density at radius 1 is 1.00 bits per heavy atom. The molecule has 2 aliphatic rings. The van der Waals surface area contributed by atoms with Crippen molar-refractivity contribution in [3.63, 3.8) is 0 Å². The van der Waals surface area contributed by atoms with E-state index in [-0.39, 0.29) is 0 Å². The van der Waals surface area contributed by atoms with Crippen LogP contribution in [0.2, 0.25) is 0 Å². The molecule has 2 saturated carbocycles. The van der Waals surface area contributed by atoms with Gasteiger partial charge in [-0.3, -0.25) is 0 Å². The summed E-state index contributed by atoms with van der Waals surface area (Å²) < 4.78 is 0. The van der Waals surface area contributed by atoms with Crippen molar-refractivity contribution in [2.75, 3.05) is 0 Å². The lowest BCUT2D eigenvalue weighted by molar-refractivity contribution is 0.215. The molecule has 1 nitrogen and oxygen atoms in total. The van der Waals surface area contributed by atoms with Gasteiger partial charge >= 0.3 is 0 Å². The van der Waals surface area contributed by atoms with Crippen LogP contribution in [-0.4, -0.2) is 12.1 Å². The largest absolute Gasteiger partial charge is 0.311 e. The third kappa shape index (κ3) is 3.98. The zero-order chi connectivity index (χ0) is 12.1. The van der Waals surface area contributed by atoms with Gasteiger partial charge in [0.05, 0.1) is 0 Å². The number of rotatable bonds is 6. The highest BCUT2D eigenvalue weighted by molar-refractivity contribution is 4.82. The van der Waals surface area contributed by atoms with Gasteiger partial charge in [0.1, 0.15) is 0 Å². The first kappa shape index (κ1) is 13.4. The highest BCUT2D eigenvalue weighted by Gasteiger charge is 2.25. The normalized spacial score (nSPS) is 26.5. The maximum absolute atomic E-state index is 3.94. The Bertz CT molecular complexity index is 204. The van der Waals surface area contributed by atoms with Gasteiger partial charge in [0.2, 0.25) is 0 Å². The molecule has 0 radical (unpaired) electrons. The lowest BCUT2D eigenvalue weighted by Crippen LogP contribution is -2.43. The molecule has 0 heterocycles. The summed E-state index contributed by atoms with van der Waals surface area (Å²) in [6, 6.07) is 1.54. The van der Waals surface area contributed by atoms with E-state index >= 15 is 0 Å². The molecular weight excluding hydrogens is 206 g/mol. The minimum Gasteiger partial charge on any atom is -0.311 e. The summed E-state index contributed by atoms with van der Waals surface area (Å²) in [4.78, 5) is 0. The molecule has 1 heteroatoms. The van der Waals surface area contributed by atoms with Crippen LogP contribution in [0, 0.1) is 11.8 Å². The van der Waals surface area contributed by atoms with Gasteiger partial charge in [-0.05, 0) is 44.4 Å². The van der Waals surface area contributed by atoms with E-state index in [1.165, 1.54) is 64.2 Å². The number of hydrogen-bond donors (Lipinski definition) is 1. The molecule has 0 aliphatic heterocycles. The first-order valence-corrected chi connectivity index (χ1v) is 8.05. The predicted molar refractivity (Wildman–Crippen MR) is 75.2 cm³/mol. The molecule has 0 aromatic heterocycles. The van der Waals surface area contributed by atoms with Crippen LogP contribution in [0.3, 0.4) is 0 Å². The second-order valence-corrected chi connectivity index (χ2v) is 6.51. The molecule has 17 heavy (non-hydrogen) atoms. The highest BCUT2D eigenvalue weighted by atomic mass is 14.9. The van der Waals surface area contributed by atoms with Crippen molar-refractivity contribution < 1.29 is 0 Å². The molecule has 0 aromatic carbocycles. The van der Waals surface area contributed by atoms with Gasteiger partial charge < -0.3 is 5.32 Å². The van der Waals surface area contributed by atoms with Gasteiger partial charge in [-0.2, -0.15) is 0 Å². The van der Waals surface area contributed by atoms with Crippen molar-refractivity contribution in [3.8, 4) is 0 Å². The summed E-state index contributed by atoms with van der Waals surface area (Å²) in [5, 5.41) is 3.94. The summed E-state index contributed by atoms with van der Waals surface area (Å²) >= 11 is 0. The maximum Gasteiger partial charge on any atom is 0.00951 e. The summed E-state index contributed by atoms with van der Waals surface area (Å²) in [6.45, 7) is 4.77. The van der Waals surface area contributed by atoms with Gasteiger partial charge in [-0.25, -0.2) is 0 Å². The van der Waals surface area contributed by atoms with E-state index in [4.69, 9.17) is 0 Å². The molecule has 100 valence electrons. The Kier molecular flexibility index (Phi) is 5.34. The van der Waals surface area contributed by atoms with Crippen LogP contribution in [0.1, 0.15) is 78.1 Å². The fourth-order valence-corrected chi connectivity index (χ4v) is 3.79. The Morgan fingerprint density at radius 2 is 1.71 bits per heavy atom. The minimum absolute atomic E-state index is 0.743. The summed E-state index contributed by atoms with van der Waals surface area (Å²) in [5.41, 5.74) is 0. The lowest BCUT2D eigenvalue weighted by Gasteiger charge is -2.35. The Balaban J connectivity index is 1.72. The van der Waals surface area contributed by atoms with Crippen LogP contribution in [0.4, 0.5) is 0 Å². The van der Waals surface area contributed by atoms with E-state index < -0.39 is 0 Å². The molecule has 0 amide bonds. The van der Waals surface area contributed by atoms with E-state index in [0.717, 1.165) is 23.9 Å². The van der Waals surface area contributed by atoms with E-state index in [1.807, 2.05) is 0 Å². The van der Waals surface area contributed by atoms with Gasteiger partial charge in [0, 0.05) is 12.1 Å². The van der Waals surface area contributed by atoms with Crippen molar-refractivity contribution in [3.05, 3.63) is 0 Å². The van der Waals surface area contributed by atoms with Gasteiger partial charge in [-0.1, -0.05) is 45.4 Å². The fraction of sp³-hybridized carbons (Fsp3) is 1.00. The lowest BCUT2D eigenvalue weighted by atomic mass is 9.80. The fourth-order valence-electron chi connectivity index (χ4n) is 3.79. The third-order valence-corrected chi connectivity index (χ3v) is 5.07. The first-order valence-electron chi connectivity index (χ1n) is 8.05. The van der Waals surface area contributed by atoms with Crippen LogP contribution < -0.4 is 5.32 Å². The van der Waals surface area contributed by atoms with Crippen LogP contribution >= 0.6 is 0 Å². The molecule has 0 bridgehead atoms. The summed E-state index contributed by atoms with van der Waals surface area (Å²) in [6.07, 6.45) is 14.6. The van der Waals surface area contributed by atoms with Gasteiger partial charge in [0.15, 0.2) is 0 Å². The summed E-state index contributed by atoms with van der Waals surface area (Å²) in [7, 11) is 0. The molecule has 2 aliphatic carbocycles. The second kappa shape index (κ2) is 6.78. The smallest absolute Gasteiger partial charge is 0.00951 e. The molecule has 0 spiro atoms. The van der Waals surface area contributed by atoms with Crippen LogP contribution in [0.5, 0.6) is 0 Å². The Hall–Kier alpha value is -0.0400. The second-order valence-electron chi connectivity index (χ2n) is 6.51. The molecular formula is C16H31N. The van der Waals surface area contributed by atoms with Crippen molar-refractivity contribution >= 4 is 0 Å². The zero-order valence-electron chi connectivity index (χ0n) is 11.9. The number of nitrogens with one attached hydrogen (secondary N) is 1. The molecule has 2 rings (SSSR count). The molecule has 1 N–H and O–H groups in total. The van der Waals surface area contributed by atoms with Crippen LogP contribution in [0.25, 0.3) is 0 Å². The van der Waals surface area contributed by atoms with E-state index in [9.17, 15) is 0 Å². The predicted octanol–water partition coefficient (Wildman–Crippen LogP) is 4.51. The quantitative estimate of drug-likeness (QED) is 0.716. The van der Waals surface area contributed by atoms with Gasteiger partial charge in [-0.15, -0.1) is 0 Å². The van der Waals surface area contributed by atoms with Gasteiger partial charge in [0.25, 0.3) is 0 Å². The van der Waals surface area contributed by atoms with Crippen molar-refractivity contribution in [2.24, 2.45) is 11.8 Å². The highest BCUT2D eigenvalue weighted by Crippen LogP contribution is 2.32. The molecule has 2 atom stereocenters. The average Bonchev–Trinajstić information content (AvgIpc) is 2.32. The van der Waals surface area contributed by atoms with Crippen LogP contribution in [0.15, 0.2) is 0 Å². The minimum atomic E-state index is 0.743. The van der Waals surface area contributed by atoms with Crippen molar-refractivity contribution in [2.45, 2.75) is 90.1 Å². The molecule has 0 saturated heterocycles. The first-order chi connectivity index (χ1) is 8.29.